The van der Waals surface area contributed by atoms with E-state index in [2.05, 4.69) is 71.6 Å². The molecule has 0 aliphatic carbocycles. The summed E-state index contributed by atoms with van der Waals surface area (Å²) >= 11 is 3.44. The molecule has 0 saturated heterocycles. The van der Waals surface area contributed by atoms with Crippen molar-refractivity contribution in [3.05, 3.63) is 34.3 Å². The minimum atomic E-state index is 0.122. The van der Waals surface area contributed by atoms with E-state index in [1.807, 2.05) is 0 Å². The Morgan fingerprint density at radius 2 is 1.90 bits per heavy atom. The predicted octanol–water partition coefficient (Wildman–Crippen LogP) is 3.65. The molecule has 0 fully saturated rings. The molecule has 1 aromatic carbocycles. The van der Waals surface area contributed by atoms with Crippen LogP contribution in [0, 0.1) is 5.92 Å². The summed E-state index contributed by atoms with van der Waals surface area (Å²) in [6.07, 6.45) is 1.54. The lowest BCUT2D eigenvalue weighted by atomic mass is 10.0. The summed E-state index contributed by atoms with van der Waals surface area (Å²) in [6, 6.07) is 8.64. The van der Waals surface area contributed by atoms with Crippen molar-refractivity contribution in [2.24, 2.45) is 5.92 Å². The number of rotatable bonds is 8. The number of amides is 1. The van der Waals surface area contributed by atoms with E-state index in [1.54, 1.807) is 0 Å². The highest BCUT2D eigenvalue weighted by Crippen LogP contribution is 2.19. The van der Waals surface area contributed by atoms with Gasteiger partial charge in [-0.2, -0.15) is 0 Å². The van der Waals surface area contributed by atoms with Crippen molar-refractivity contribution in [3.8, 4) is 0 Å². The second-order valence-corrected chi connectivity index (χ2v) is 6.33. The minimum absolute atomic E-state index is 0.122. The largest absolute Gasteiger partial charge is 0.356 e. The Labute approximate surface area is 130 Å². The quantitative estimate of drug-likeness (QED) is 0.758. The normalized spacial score (nSPS) is 12.4. The zero-order valence-corrected chi connectivity index (χ0v) is 14.2. The van der Waals surface area contributed by atoms with Gasteiger partial charge in [-0.05, 0) is 30.0 Å². The highest BCUT2D eigenvalue weighted by atomic mass is 79.9. The van der Waals surface area contributed by atoms with E-state index in [0.29, 0.717) is 24.9 Å². The van der Waals surface area contributed by atoms with Crippen LogP contribution < -0.4 is 10.6 Å². The summed E-state index contributed by atoms with van der Waals surface area (Å²) < 4.78 is 1.09. The Balaban J connectivity index is 2.35. The number of halogens is 1. The van der Waals surface area contributed by atoms with Gasteiger partial charge in [0.15, 0.2) is 0 Å². The molecule has 0 aliphatic heterocycles. The Bertz CT molecular complexity index is 403. The van der Waals surface area contributed by atoms with Crippen LogP contribution in [0.1, 0.15) is 45.2 Å². The van der Waals surface area contributed by atoms with Crippen molar-refractivity contribution in [2.45, 2.75) is 39.7 Å². The van der Waals surface area contributed by atoms with Crippen LogP contribution in [0.2, 0.25) is 0 Å². The summed E-state index contributed by atoms with van der Waals surface area (Å²) in [6.45, 7) is 7.80. The van der Waals surface area contributed by atoms with Crippen molar-refractivity contribution in [2.75, 3.05) is 13.1 Å². The maximum absolute atomic E-state index is 11.6. The Hall–Kier alpha value is -0.870. The maximum atomic E-state index is 11.6. The van der Waals surface area contributed by atoms with E-state index in [9.17, 15) is 4.79 Å². The standard InChI is InChI=1S/C16H25BrN2O/c1-4-15(13-5-7-14(17)8-6-13)18-10-9-16(20)19-11-12(2)3/h5-8,12,15,18H,4,9-11H2,1-3H3,(H,19,20). The van der Waals surface area contributed by atoms with Crippen molar-refractivity contribution in [1.29, 1.82) is 0 Å². The van der Waals surface area contributed by atoms with Crippen LogP contribution >= 0.6 is 15.9 Å². The summed E-state index contributed by atoms with van der Waals surface area (Å²) in [5, 5.41) is 6.38. The van der Waals surface area contributed by atoms with Gasteiger partial charge in [-0.25, -0.2) is 0 Å². The van der Waals surface area contributed by atoms with Crippen LogP contribution in [0.15, 0.2) is 28.7 Å². The number of carbonyl (C=O) groups excluding carboxylic acids is 1. The van der Waals surface area contributed by atoms with E-state index in [4.69, 9.17) is 0 Å². The van der Waals surface area contributed by atoms with Crippen LogP contribution in [0.3, 0.4) is 0 Å². The fraction of sp³-hybridized carbons (Fsp3) is 0.562. The smallest absolute Gasteiger partial charge is 0.221 e. The number of hydrogen-bond donors (Lipinski definition) is 2. The first kappa shape index (κ1) is 17.2. The van der Waals surface area contributed by atoms with Gasteiger partial charge in [-0.1, -0.05) is 48.8 Å². The van der Waals surface area contributed by atoms with Gasteiger partial charge in [0.1, 0.15) is 0 Å². The Morgan fingerprint density at radius 3 is 2.45 bits per heavy atom. The Kier molecular flexibility index (Phi) is 7.85. The van der Waals surface area contributed by atoms with Crippen LogP contribution in [0.25, 0.3) is 0 Å². The molecule has 3 nitrogen and oxygen atoms in total. The lowest BCUT2D eigenvalue weighted by Crippen LogP contribution is -2.31. The van der Waals surface area contributed by atoms with Crippen molar-refractivity contribution in [1.82, 2.24) is 10.6 Å². The first-order chi connectivity index (χ1) is 9.52. The zero-order valence-electron chi connectivity index (χ0n) is 12.6. The molecule has 112 valence electrons. The molecular formula is C16H25BrN2O. The molecule has 1 amide bonds. The third-order valence-electron chi connectivity index (χ3n) is 3.13. The SMILES string of the molecule is CCC(NCCC(=O)NCC(C)C)c1ccc(Br)cc1. The first-order valence-electron chi connectivity index (χ1n) is 7.28. The lowest BCUT2D eigenvalue weighted by Gasteiger charge is -2.17. The van der Waals surface area contributed by atoms with Gasteiger partial charge in [0.2, 0.25) is 5.91 Å². The summed E-state index contributed by atoms with van der Waals surface area (Å²) in [5.74, 6) is 0.620. The molecule has 1 aromatic rings. The van der Waals surface area contributed by atoms with Crippen LogP contribution in [-0.2, 0) is 4.79 Å². The molecule has 2 N–H and O–H groups in total. The van der Waals surface area contributed by atoms with Crippen molar-refractivity contribution < 1.29 is 4.79 Å². The molecule has 0 heterocycles. The number of hydrogen-bond acceptors (Lipinski definition) is 2. The van der Waals surface area contributed by atoms with Gasteiger partial charge < -0.3 is 10.6 Å². The van der Waals surface area contributed by atoms with E-state index < -0.39 is 0 Å². The molecule has 0 aromatic heterocycles. The van der Waals surface area contributed by atoms with Crippen LogP contribution in [-0.4, -0.2) is 19.0 Å². The molecule has 0 radical (unpaired) electrons. The van der Waals surface area contributed by atoms with Gasteiger partial charge in [0, 0.05) is 30.0 Å². The monoisotopic (exact) mass is 340 g/mol. The van der Waals surface area contributed by atoms with Crippen LogP contribution in [0.4, 0.5) is 0 Å². The summed E-state index contributed by atoms with van der Waals surface area (Å²) in [5.41, 5.74) is 1.26. The lowest BCUT2D eigenvalue weighted by molar-refractivity contribution is -0.121. The average Bonchev–Trinajstić information content (AvgIpc) is 2.42. The number of carbonyl (C=O) groups is 1. The fourth-order valence-corrected chi connectivity index (χ4v) is 2.22. The molecular weight excluding hydrogens is 316 g/mol. The molecule has 4 heteroatoms. The van der Waals surface area contributed by atoms with Crippen molar-refractivity contribution >= 4 is 21.8 Å². The van der Waals surface area contributed by atoms with E-state index in [1.165, 1.54) is 5.56 Å². The molecule has 1 rings (SSSR count). The van der Waals surface area contributed by atoms with Gasteiger partial charge in [-0.15, -0.1) is 0 Å². The Morgan fingerprint density at radius 1 is 1.25 bits per heavy atom. The van der Waals surface area contributed by atoms with E-state index in [-0.39, 0.29) is 5.91 Å². The van der Waals surface area contributed by atoms with Gasteiger partial charge >= 0.3 is 0 Å². The second-order valence-electron chi connectivity index (χ2n) is 5.41. The summed E-state index contributed by atoms with van der Waals surface area (Å²) in [4.78, 5) is 11.6. The van der Waals surface area contributed by atoms with Gasteiger partial charge in [0.05, 0.1) is 0 Å². The zero-order chi connectivity index (χ0) is 15.0. The predicted molar refractivity (Wildman–Crippen MR) is 87.6 cm³/mol. The molecule has 0 saturated carbocycles. The third kappa shape index (κ3) is 6.53. The fourth-order valence-electron chi connectivity index (χ4n) is 1.96. The average molecular weight is 341 g/mol. The molecule has 0 aliphatic rings. The summed E-state index contributed by atoms with van der Waals surface area (Å²) in [7, 11) is 0. The number of nitrogens with one attached hydrogen (secondary N) is 2. The van der Waals surface area contributed by atoms with E-state index >= 15 is 0 Å². The minimum Gasteiger partial charge on any atom is -0.356 e. The highest BCUT2D eigenvalue weighted by Gasteiger charge is 2.09. The maximum Gasteiger partial charge on any atom is 0.221 e. The molecule has 1 unspecified atom stereocenters. The van der Waals surface area contributed by atoms with Crippen molar-refractivity contribution in [3.63, 3.8) is 0 Å². The van der Waals surface area contributed by atoms with Crippen LogP contribution in [0.5, 0.6) is 0 Å². The first-order valence-corrected chi connectivity index (χ1v) is 8.07. The molecule has 20 heavy (non-hydrogen) atoms. The van der Waals surface area contributed by atoms with E-state index in [0.717, 1.165) is 17.4 Å². The number of benzene rings is 1. The molecule has 0 bridgehead atoms. The highest BCUT2D eigenvalue weighted by molar-refractivity contribution is 9.10. The van der Waals surface area contributed by atoms with Gasteiger partial charge in [0.25, 0.3) is 0 Å². The molecule has 0 spiro atoms. The molecule has 1 atom stereocenters. The second kappa shape index (κ2) is 9.14. The third-order valence-corrected chi connectivity index (χ3v) is 3.66. The topological polar surface area (TPSA) is 41.1 Å². The van der Waals surface area contributed by atoms with Gasteiger partial charge in [-0.3, -0.25) is 4.79 Å².